The first-order valence-electron chi connectivity index (χ1n) is 1.87. The Labute approximate surface area is 37.9 Å². The number of nitrogens with two attached hydrogens (primary N) is 2. The molecule has 3 nitrogen and oxygen atoms in total. The second kappa shape index (κ2) is 20.8. The predicted molar refractivity (Wildman–Crippen MR) is 25.3 cm³/mol. The number of rotatable bonds is 1. The van der Waals surface area contributed by atoms with E-state index >= 15 is 0 Å². The van der Waals surface area contributed by atoms with Crippen LogP contribution in [0.2, 0.25) is 0 Å². The summed E-state index contributed by atoms with van der Waals surface area (Å²) in [7, 11) is 0. The molecule has 0 aromatic heterocycles. The molecule has 0 saturated heterocycles. The maximum absolute atomic E-state index is 6.50. The van der Waals surface area contributed by atoms with Crippen molar-refractivity contribution in [3.8, 4) is 0 Å². The van der Waals surface area contributed by atoms with Crippen LogP contribution in [0.1, 0.15) is 13.3 Å². The molecule has 0 atom stereocenters. The Bertz CT molecular complexity index is 10.8. The molecule has 0 spiro atoms. The van der Waals surface area contributed by atoms with E-state index in [1.54, 1.807) is 0 Å². The van der Waals surface area contributed by atoms with E-state index in [2.05, 4.69) is 12.8 Å². The lowest BCUT2D eigenvalue weighted by Gasteiger charge is -1.70. The third-order valence-electron chi connectivity index (χ3n) is 0.289. The summed E-state index contributed by atoms with van der Waals surface area (Å²) in [5.41, 5.74) is 5.03. The molecule has 0 saturated carbocycles. The van der Waals surface area contributed by atoms with Gasteiger partial charge in [-0.25, -0.2) is 5.90 Å². The minimum Gasteiger partial charge on any atom is -0.330 e. The quantitative estimate of drug-likeness (QED) is 0.388. The highest BCUT2D eigenvalue weighted by molar-refractivity contribution is 4.19. The zero-order valence-corrected chi connectivity index (χ0v) is 4.02. The molecule has 5 N–H and O–H groups in total. The summed E-state index contributed by atoms with van der Waals surface area (Å²) in [6.45, 7) is 2.88. The van der Waals surface area contributed by atoms with Crippen LogP contribution >= 0.6 is 0 Å². The second-order valence-electron chi connectivity index (χ2n) is 0.789. The topological polar surface area (TPSA) is 72.3 Å². The minimum atomic E-state index is 0.819. The van der Waals surface area contributed by atoms with Gasteiger partial charge in [-0.1, -0.05) is 6.92 Å². The third kappa shape index (κ3) is 41.6. The molecule has 0 amide bonds. The van der Waals surface area contributed by atoms with Gasteiger partial charge in [-0.15, -0.1) is 0 Å². The van der Waals surface area contributed by atoms with E-state index in [4.69, 9.17) is 10.9 Å². The van der Waals surface area contributed by atoms with Crippen LogP contribution in [0.25, 0.3) is 0 Å². The molecule has 0 heterocycles. The van der Waals surface area contributed by atoms with Crippen LogP contribution < -0.4 is 11.6 Å². The standard InChI is InChI=1S/C3H9N.H3NO/c1-2-3-4;1-2/h2-4H2,1H3;2H,1H2. The van der Waals surface area contributed by atoms with Crippen molar-refractivity contribution >= 4 is 0 Å². The molecule has 0 fully saturated rings. The Hall–Kier alpha value is -0.120. The van der Waals surface area contributed by atoms with Crippen molar-refractivity contribution in [2.24, 2.45) is 11.6 Å². The van der Waals surface area contributed by atoms with Crippen LogP contribution in [-0.2, 0) is 0 Å². The summed E-state index contributed by atoms with van der Waals surface area (Å²) in [6.07, 6.45) is 1.10. The molecule has 0 aromatic carbocycles. The van der Waals surface area contributed by atoms with Crippen molar-refractivity contribution in [1.29, 1.82) is 0 Å². The van der Waals surface area contributed by atoms with Gasteiger partial charge in [-0.05, 0) is 13.0 Å². The highest BCUT2D eigenvalue weighted by Crippen LogP contribution is 1.57. The van der Waals surface area contributed by atoms with Gasteiger partial charge in [0.25, 0.3) is 0 Å². The smallest absolute Gasteiger partial charge is 0.00799 e. The van der Waals surface area contributed by atoms with Gasteiger partial charge in [0, 0.05) is 0 Å². The van der Waals surface area contributed by atoms with E-state index in [1.807, 2.05) is 0 Å². The monoisotopic (exact) mass is 92.1 g/mol. The van der Waals surface area contributed by atoms with Gasteiger partial charge in [0.15, 0.2) is 0 Å². The van der Waals surface area contributed by atoms with Crippen molar-refractivity contribution in [2.75, 3.05) is 6.54 Å². The molecule has 6 heavy (non-hydrogen) atoms. The first kappa shape index (κ1) is 9.30. The van der Waals surface area contributed by atoms with Crippen LogP contribution in [0, 0.1) is 0 Å². The van der Waals surface area contributed by atoms with Gasteiger partial charge in [0.1, 0.15) is 0 Å². The Morgan fingerprint density at radius 3 is 1.67 bits per heavy atom. The average molecular weight is 92.1 g/mol. The van der Waals surface area contributed by atoms with E-state index in [9.17, 15) is 0 Å². The SMILES string of the molecule is CCCN.NO. The van der Waals surface area contributed by atoms with E-state index in [1.165, 1.54) is 0 Å². The Balaban J connectivity index is 0. The van der Waals surface area contributed by atoms with Crippen molar-refractivity contribution < 1.29 is 5.21 Å². The van der Waals surface area contributed by atoms with Crippen molar-refractivity contribution in [1.82, 2.24) is 0 Å². The normalized spacial score (nSPS) is 6.00. The summed E-state index contributed by atoms with van der Waals surface area (Å²) in [5.74, 6) is 3.50. The summed E-state index contributed by atoms with van der Waals surface area (Å²) in [5, 5.41) is 6.50. The molecule has 0 radical (unpaired) electrons. The Morgan fingerprint density at radius 1 is 1.50 bits per heavy atom. The van der Waals surface area contributed by atoms with Gasteiger partial charge in [0.2, 0.25) is 0 Å². The molecule has 0 bridgehead atoms. The molecular weight excluding hydrogens is 80.0 g/mol. The van der Waals surface area contributed by atoms with Gasteiger partial charge in [-0.3, -0.25) is 0 Å². The van der Waals surface area contributed by atoms with Gasteiger partial charge in [0.05, 0.1) is 0 Å². The summed E-state index contributed by atoms with van der Waals surface area (Å²) >= 11 is 0. The first-order chi connectivity index (χ1) is 2.91. The van der Waals surface area contributed by atoms with Gasteiger partial charge in [-0.2, -0.15) is 0 Å². The fourth-order valence-corrected chi connectivity index (χ4v) is 0. The van der Waals surface area contributed by atoms with Gasteiger partial charge < -0.3 is 10.9 Å². The lowest BCUT2D eigenvalue weighted by molar-refractivity contribution is 0.311. The molecule has 0 rings (SSSR count). The van der Waals surface area contributed by atoms with Crippen LogP contribution in [0.3, 0.4) is 0 Å². The highest BCUT2D eigenvalue weighted by Gasteiger charge is 1.55. The predicted octanol–water partition coefficient (Wildman–Crippen LogP) is -0.311. The lowest BCUT2D eigenvalue weighted by Crippen LogP contribution is -1.93. The van der Waals surface area contributed by atoms with Crippen molar-refractivity contribution in [3.05, 3.63) is 0 Å². The van der Waals surface area contributed by atoms with Crippen LogP contribution in [-0.4, -0.2) is 11.8 Å². The van der Waals surface area contributed by atoms with Crippen molar-refractivity contribution in [2.45, 2.75) is 13.3 Å². The first-order valence-corrected chi connectivity index (χ1v) is 1.87. The molecule has 0 aromatic rings. The number of hydrogen-bond acceptors (Lipinski definition) is 3. The van der Waals surface area contributed by atoms with E-state index < -0.39 is 0 Å². The zero-order valence-electron chi connectivity index (χ0n) is 4.02. The Morgan fingerprint density at radius 2 is 1.67 bits per heavy atom. The van der Waals surface area contributed by atoms with E-state index in [0.717, 1.165) is 13.0 Å². The summed E-state index contributed by atoms with van der Waals surface area (Å²) < 4.78 is 0. The lowest BCUT2D eigenvalue weighted by atomic mass is 10.5. The minimum absolute atomic E-state index is 0.819. The second-order valence-corrected chi connectivity index (χ2v) is 0.789. The third-order valence-corrected chi connectivity index (χ3v) is 0.289. The zero-order chi connectivity index (χ0) is 5.41. The highest BCUT2D eigenvalue weighted by atomic mass is 16.4. The summed E-state index contributed by atoms with van der Waals surface area (Å²) in [4.78, 5) is 0. The van der Waals surface area contributed by atoms with E-state index in [-0.39, 0.29) is 0 Å². The molecular formula is C3H12N2O. The molecule has 40 valence electrons. The average Bonchev–Trinajstić information content (AvgIpc) is 1.72. The van der Waals surface area contributed by atoms with Crippen LogP contribution in [0.15, 0.2) is 0 Å². The summed E-state index contributed by atoms with van der Waals surface area (Å²) in [6, 6.07) is 0. The molecule has 3 heteroatoms. The fourth-order valence-electron chi connectivity index (χ4n) is 0. The molecule has 0 aliphatic heterocycles. The van der Waals surface area contributed by atoms with E-state index in [0.29, 0.717) is 0 Å². The largest absolute Gasteiger partial charge is 0.330 e. The fraction of sp³-hybridized carbons (Fsp3) is 1.00. The van der Waals surface area contributed by atoms with Crippen LogP contribution in [0.4, 0.5) is 0 Å². The Kier molecular flexibility index (Phi) is 32.2. The van der Waals surface area contributed by atoms with Gasteiger partial charge >= 0.3 is 0 Å². The molecule has 0 unspecified atom stereocenters. The molecule has 0 aliphatic carbocycles. The molecule has 0 aliphatic rings. The maximum Gasteiger partial charge on any atom is -0.00799 e. The van der Waals surface area contributed by atoms with Crippen molar-refractivity contribution in [3.63, 3.8) is 0 Å². The maximum atomic E-state index is 6.50. The van der Waals surface area contributed by atoms with Crippen LogP contribution in [0.5, 0.6) is 0 Å². The number of hydrogen-bond donors (Lipinski definition) is 3.